The van der Waals surface area contributed by atoms with Gasteiger partial charge >= 0.3 is 5.97 Å². The van der Waals surface area contributed by atoms with Crippen LogP contribution in [0.1, 0.15) is 13.8 Å². The first-order valence-corrected chi connectivity index (χ1v) is 5.65. The fraction of sp³-hybridized carbons (Fsp3) is 0.818. The molecule has 0 rings (SSSR count). The molecule has 6 heteroatoms. The van der Waals surface area contributed by atoms with E-state index in [0.29, 0.717) is 19.8 Å². The van der Waals surface area contributed by atoms with Crippen molar-refractivity contribution in [1.82, 2.24) is 10.2 Å². The van der Waals surface area contributed by atoms with Gasteiger partial charge in [0.15, 0.2) is 0 Å². The van der Waals surface area contributed by atoms with Crippen molar-refractivity contribution >= 4 is 11.9 Å². The highest BCUT2D eigenvalue weighted by atomic mass is 16.5. The minimum atomic E-state index is -0.378. The molecule has 6 nitrogen and oxygen atoms in total. The summed E-state index contributed by atoms with van der Waals surface area (Å²) in [6.07, 6.45) is 0. The predicted octanol–water partition coefficient (Wildman–Crippen LogP) is -0.368. The first-order valence-electron chi connectivity index (χ1n) is 5.65. The van der Waals surface area contributed by atoms with E-state index in [2.05, 4.69) is 5.32 Å². The van der Waals surface area contributed by atoms with E-state index in [0.717, 1.165) is 0 Å². The normalized spacial score (nSPS) is 12.3. The zero-order valence-corrected chi connectivity index (χ0v) is 11.0. The van der Waals surface area contributed by atoms with Crippen LogP contribution < -0.4 is 5.32 Å². The molecule has 0 aliphatic carbocycles. The van der Waals surface area contributed by atoms with Crippen LogP contribution in [-0.2, 0) is 19.1 Å². The van der Waals surface area contributed by atoms with Crippen molar-refractivity contribution in [3.63, 3.8) is 0 Å². The second-order valence-electron chi connectivity index (χ2n) is 3.68. The van der Waals surface area contributed by atoms with Crippen LogP contribution in [0.15, 0.2) is 0 Å². The molecule has 0 aliphatic rings. The lowest BCUT2D eigenvalue weighted by molar-refractivity contribution is -0.145. The second-order valence-corrected chi connectivity index (χ2v) is 3.68. The molecule has 1 unspecified atom stereocenters. The highest BCUT2D eigenvalue weighted by Crippen LogP contribution is 1.96. The lowest BCUT2D eigenvalue weighted by Gasteiger charge is -2.22. The summed E-state index contributed by atoms with van der Waals surface area (Å²) in [6, 6.07) is -0.378. The average Bonchev–Trinajstić information content (AvgIpc) is 2.28. The number of esters is 1. The molecule has 0 aliphatic heterocycles. The Hall–Kier alpha value is -1.14. The number of nitrogens with zero attached hydrogens (tertiary/aromatic N) is 1. The standard InChI is InChI=1S/C11H22N2O4/c1-5-17-10(14)8-13(3)9(2)11(15)12-6-7-16-4/h9H,5-8H2,1-4H3,(H,12,15). The van der Waals surface area contributed by atoms with Gasteiger partial charge in [0.05, 0.1) is 25.8 Å². The Morgan fingerprint density at radius 3 is 2.59 bits per heavy atom. The number of rotatable bonds is 8. The van der Waals surface area contributed by atoms with Crippen LogP contribution in [0.4, 0.5) is 0 Å². The molecule has 0 saturated heterocycles. The van der Waals surface area contributed by atoms with Gasteiger partial charge in [-0.25, -0.2) is 0 Å². The Morgan fingerprint density at radius 2 is 2.06 bits per heavy atom. The minimum Gasteiger partial charge on any atom is -0.465 e. The monoisotopic (exact) mass is 246 g/mol. The number of amides is 1. The summed E-state index contributed by atoms with van der Waals surface area (Å²) in [7, 11) is 3.28. The van der Waals surface area contributed by atoms with Crippen molar-refractivity contribution in [2.75, 3.05) is 40.5 Å². The Bertz CT molecular complexity index is 246. The third kappa shape index (κ3) is 6.91. The molecule has 0 bridgehead atoms. The molecule has 1 atom stereocenters. The van der Waals surface area contributed by atoms with Crippen LogP contribution >= 0.6 is 0 Å². The molecule has 0 saturated carbocycles. The summed E-state index contributed by atoms with van der Waals surface area (Å²) in [5.74, 6) is -0.458. The zero-order chi connectivity index (χ0) is 13.3. The topological polar surface area (TPSA) is 67.9 Å². The van der Waals surface area contributed by atoms with E-state index in [9.17, 15) is 9.59 Å². The lowest BCUT2D eigenvalue weighted by atomic mass is 10.2. The molecule has 0 spiro atoms. The van der Waals surface area contributed by atoms with Crippen molar-refractivity contribution in [1.29, 1.82) is 0 Å². The number of hydrogen-bond donors (Lipinski definition) is 1. The van der Waals surface area contributed by atoms with Gasteiger partial charge < -0.3 is 14.8 Å². The lowest BCUT2D eigenvalue weighted by Crippen LogP contribution is -2.46. The van der Waals surface area contributed by atoms with E-state index < -0.39 is 0 Å². The fourth-order valence-corrected chi connectivity index (χ4v) is 1.17. The van der Waals surface area contributed by atoms with Gasteiger partial charge in [-0.2, -0.15) is 0 Å². The van der Waals surface area contributed by atoms with E-state index >= 15 is 0 Å². The minimum absolute atomic E-state index is 0.104. The van der Waals surface area contributed by atoms with Crippen molar-refractivity contribution in [2.24, 2.45) is 0 Å². The maximum Gasteiger partial charge on any atom is 0.320 e. The van der Waals surface area contributed by atoms with Crippen molar-refractivity contribution in [2.45, 2.75) is 19.9 Å². The molecule has 0 aromatic rings. The quantitative estimate of drug-likeness (QED) is 0.467. The SMILES string of the molecule is CCOC(=O)CN(C)C(C)C(=O)NCCOC. The maximum absolute atomic E-state index is 11.6. The molecule has 0 radical (unpaired) electrons. The van der Waals surface area contributed by atoms with Crippen LogP contribution in [0.25, 0.3) is 0 Å². The number of likely N-dealkylation sites (N-methyl/N-ethyl adjacent to an activating group) is 1. The van der Waals surface area contributed by atoms with Crippen LogP contribution in [0.3, 0.4) is 0 Å². The molecular weight excluding hydrogens is 224 g/mol. The van der Waals surface area contributed by atoms with Crippen LogP contribution in [-0.4, -0.2) is 63.3 Å². The van der Waals surface area contributed by atoms with Gasteiger partial charge in [0.25, 0.3) is 0 Å². The van der Waals surface area contributed by atoms with E-state index in [4.69, 9.17) is 9.47 Å². The van der Waals surface area contributed by atoms with Crippen LogP contribution in [0, 0.1) is 0 Å². The number of carbonyl (C=O) groups excluding carboxylic acids is 2. The number of methoxy groups -OCH3 is 1. The first kappa shape index (κ1) is 15.9. The molecule has 0 aromatic carbocycles. The molecule has 100 valence electrons. The largest absolute Gasteiger partial charge is 0.465 e. The predicted molar refractivity (Wildman–Crippen MR) is 63.6 cm³/mol. The molecular formula is C11H22N2O4. The van der Waals surface area contributed by atoms with E-state index in [1.807, 2.05) is 0 Å². The van der Waals surface area contributed by atoms with E-state index in [1.54, 1.807) is 32.9 Å². The summed E-state index contributed by atoms with van der Waals surface area (Å²) in [6.45, 7) is 4.88. The molecule has 0 aromatic heterocycles. The second kappa shape index (κ2) is 8.95. The van der Waals surface area contributed by atoms with Gasteiger partial charge in [0, 0.05) is 13.7 Å². The van der Waals surface area contributed by atoms with Crippen LogP contribution in [0.5, 0.6) is 0 Å². The summed E-state index contributed by atoms with van der Waals surface area (Å²) in [5.41, 5.74) is 0. The van der Waals surface area contributed by atoms with Gasteiger partial charge in [-0.3, -0.25) is 14.5 Å². The molecule has 0 heterocycles. The fourth-order valence-electron chi connectivity index (χ4n) is 1.17. The summed E-state index contributed by atoms with van der Waals surface area (Å²) in [5, 5.41) is 2.71. The highest BCUT2D eigenvalue weighted by Gasteiger charge is 2.19. The van der Waals surface area contributed by atoms with Gasteiger partial charge in [-0.15, -0.1) is 0 Å². The number of carbonyl (C=O) groups is 2. The number of hydrogen-bond acceptors (Lipinski definition) is 5. The molecule has 1 amide bonds. The zero-order valence-electron chi connectivity index (χ0n) is 11.0. The Balaban J connectivity index is 3.97. The van der Waals surface area contributed by atoms with Crippen LogP contribution in [0.2, 0.25) is 0 Å². The van der Waals surface area contributed by atoms with E-state index in [-0.39, 0.29) is 24.5 Å². The van der Waals surface area contributed by atoms with Gasteiger partial charge in [-0.05, 0) is 20.9 Å². The Labute approximate surface area is 102 Å². The summed E-state index contributed by atoms with van der Waals surface area (Å²) >= 11 is 0. The smallest absolute Gasteiger partial charge is 0.320 e. The molecule has 0 fully saturated rings. The third-order valence-corrected chi connectivity index (χ3v) is 2.33. The Morgan fingerprint density at radius 1 is 1.41 bits per heavy atom. The highest BCUT2D eigenvalue weighted by molar-refractivity contribution is 5.82. The third-order valence-electron chi connectivity index (χ3n) is 2.33. The number of ether oxygens (including phenoxy) is 2. The summed E-state index contributed by atoms with van der Waals surface area (Å²) in [4.78, 5) is 24.5. The first-order chi connectivity index (χ1) is 8.02. The molecule has 17 heavy (non-hydrogen) atoms. The average molecular weight is 246 g/mol. The van der Waals surface area contributed by atoms with E-state index in [1.165, 1.54) is 0 Å². The van der Waals surface area contributed by atoms with Gasteiger partial charge in [0.2, 0.25) is 5.91 Å². The van der Waals surface area contributed by atoms with Gasteiger partial charge in [0.1, 0.15) is 0 Å². The molecule has 1 N–H and O–H groups in total. The van der Waals surface area contributed by atoms with Gasteiger partial charge in [-0.1, -0.05) is 0 Å². The number of nitrogens with one attached hydrogen (secondary N) is 1. The van der Waals surface area contributed by atoms with Crippen molar-refractivity contribution in [3.8, 4) is 0 Å². The van der Waals surface area contributed by atoms with Crippen molar-refractivity contribution < 1.29 is 19.1 Å². The summed E-state index contributed by atoms with van der Waals surface area (Å²) < 4.78 is 9.64. The maximum atomic E-state index is 11.6. The Kier molecular flexibility index (Phi) is 8.35. The van der Waals surface area contributed by atoms with Crippen molar-refractivity contribution in [3.05, 3.63) is 0 Å².